The van der Waals surface area contributed by atoms with Gasteiger partial charge in [-0.3, -0.25) is 9.59 Å². The first kappa shape index (κ1) is 21.8. The van der Waals surface area contributed by atoms with Gasteiger partial charge < -0.3 is 9.47 Å². The molecule has 0 unspecified atom stereocenters. The molecule has 0 saturated carbocycles. The Labute approximate surface area is 198 Å². The van der Waals surface area contributed by atoms with Crippen molar-refractivity contribution in [2.24, 2.45) is 0 Å². The maximum atomic E-state index is 13.0. The van der Waals surface area contributed by atoms with Crippen molar-refractivity contribution in [2.75, 3.05) is 6.61 Å². The molecule has 0 amide bonds. The van der Waals surface area contributed by atoms with Crippen LogP contribution in [0.4, 0.5) is 0 Å². The van der Waals surface area contributed by atoms with E-state index in [1.807, 2.05) is 60.7 Å². The minimum Gasteiger partial charge on any atom is -0.494 e. The van der Waals surface area contributed by atoms with Crippen LogP contribution < -0.4 is 19.6 Å². The maximum absolute atomic E-state index is 13.0. The summed E-state index contributed by atoms with van der Waals surface area (Å²) in [6.07, 6.45) is 2.76. The lowest BCUT2D eigenvalue weighted by Crippen LogP contribution is -2.23. The third-order valence-corrected chi connectivity index (χ3v) is 6.13. The van der Waals surface area contributed by atoms with Gasteiger partial charge in [-0.2, -0.15) is 9.50 Å². The Morgan fingerprint density at radius 3 is 2.50 bits per heavy atom. The summed E-state index contributed by atoms with van der Waals surface area (Å²) in [5.74, 6) is 1.04. The zero-order valence-corrected chi connectivity index (χ0v) is 19.5. The molecule has 0 bridgehead atoms. The second kappa shape index (κ2) is 9.07. The van der Waals surface area contributed by atoms with E-state index in [-0.39, 0.29) is 5.56 Å². The largest absolute Gasteiger partial charge is 0.494 e. The Morgan fingerprint density at radius 2 is 1.82 bits per heavy atom. The third kappa shape index (κ3) is 4.27. The van der Waals surface area contributed by atoms with Crippen molar-refractivity contribution in [1.82, 2.24) is 14.6 Å². The Balaban J connectivity index is 1.54. The molecule has 8 heteroatoms. The SMILES string of the molecule is CCCOc1ccc(/C=c2/sc3nc(-c4cc5ccccc5cc4OC(C)=O)nn3c2=O)cc1. The minimum atomic E-state index is -0.440. The van der Waals surface area contributed by atoms with E-state index >= 15 is 0 Å². The smallest absolute Gasteiger partial charge is 0.308 e. The van der Waals surface area contributed by atoms with Crippen molar-refractivity contribution in [3.63, 3.8) is 0 Å². The lowest BCUT2D eigenvalue weighted by Gasteiger charge is -2.08. The van der Waals surface area contributed by atoms with Crippen molar-refractivity contribution in [3.05, 3.63) is 81.1 Å². The molecule has 7 nitrogen and oxygen atoms in total. The standard InChI is InChI=1S/C26H21N3O4S/c1-3-12-32-20-10-8-17(9-11-20)13-23-25(31)29-26(34-23)27-24(28-29)21-14-18-6-4-5-7-19(18)15-22(21)33-16(2)30/h4-11,13-15H,3,12H2,1-2H3/b23-13+. The summed E-state index contributed by atoms with van der Waals surface area (Å²) in [5.41, 5.74) is 1.19. The number of ether oxygens (including phenoxy) is 2. The van der Waals surface area contributed by atoms with Crippen LogP contribution in [-0.2, 0) is 4.79 Å². The van der Waals surface area contributed by atoms with Gasteiger partial charge in [0.05, 0.1) is 16.7 Å². The number of rotatable bonds is 6. The van der Waals surface area contributed by atoms with Gasteiger partial charge in [-0.25, -0.2) is 0 Å². The Morgan fingerprint density at radius 1 is 1.09 bits per heavy atom. The molecule has 170 valence electrons. The van der Waals surface area contributed by atoms with E-state index in [2.05, 4.69) is 17.0 Å². The van der Waals surface area contributed by atoms with E-state index in [9.17, 15) is 9.59 Å². The highest BCUT2D eigenvalue weighted by molar-refractivity contribution is 7.15. The molecule has 34 heavy (non-hydrogen) atoms. The first-order chi connectivity index (χ1) is 16.5. The molecule has 0 aliphatic carbocycles. The second-order valence-electron chi connectivity index (χ2n) is 7.75. The van der Waals surface area contributed by atoms with Crippen molar-refractivity contribution >= 4 is 39.1 Å². The zero-order chi connectivity index (χ0) is 23.7. The molecule has 0 N–H and O–H groups in total. The first-order valence-electron chi connectivity index (χ1n) is 10.9. The molecule has 0 saturated heterocycles. The van der Waals surface area contributed by atoms with Gasteiger partial charge in [-0.05, 0) is 53.1 Å². The van der Waals surface area contributed by atoms with Crippen LogP contribution in [0, 0.1) is 0 Å². The van der Waals surface area contributed by atoms with E-state index in [1.165, 1.54) is 22.8 Å². The number of carbonyl (C=O) groups excluding carboxylic acids is 1. The summed E-state index contributed by atoms with van der Waals surface area (Å²) >= 11 is 1.26. The molecule has 0 atom stereocenters. The van der Waals surface area contributed by atoms with Gasteiger partial charge >= 0.3 is 5.97 Å². The molecule has 0 aliphatic heterocycles. The lowest BCUT2D eigenvalue weighted by molar-refractivity contribution is -0.131. The lowest BCUT2D eigenvalue weighted by atomic mass is 10.1. The number of aromatic nitrogens is 3. The van der Waals surface area contributed by atoms with Gasteiger partial charge in [0, 0.05) is 6.92 Å². The van der Waals surface area contributed by atoms with Crippen molar-refractivity contribution < 1.29 is 14.3 Å². The van der Waals surface area contributed by atoms with Crippen LogP contribution in [-0.4, -0.2) is 27.2 Å². The highest BCUT2D eigenvalue weighted by Gasteiger charge is 2.17. The van der Waals surface area contributed by atoms with Crippen LogP contribution in [0.1, 0.15) is 25.8 Å². The number of nitrogens with zero attached hydrogens (tertiary/aromatic N) is 3. The van der Waals surface area contributed by atoms with Gasteiger partial charge in [0.2, 0.25) is 4.96 Å². The van der Waals surface area contributed by atoms with Crippen LogP contribution in [0.2, 0.25) is 0 Å². The van der Waals surface area contributed by atoms with Crippen LogP contribution >= 0.6 is 11.3 Å². The summed E-state index contributed by atoms with van der Waals surface area (Å²) in [5, 5.41) is 6.32. The van der Waals surface area contributed by atoms with E-state index < -0.39 is 5.97 Å². The third-order valence-electron chi connectivity index (χ3n) is 5.18. The number of hydrogen-bond acceptors (Lipinski definition) is 7. The number of hydrogen-bond donors (Lipinski definition) is 0. The fourth-order valence-electron chi connectivity index (χ4n) is 3.61. The topological polar surface area (TPSA) is 82.8 Å². The highest BCUT2D eigenvalue weighted by atomic mass is 32.1. The van der Waals surface area contributed by atoms with Crippen LogP contribution in [0.25, 0.3) is 33.2 Å². The zero-order valence-electron chi connectivity index (χ0n) is 18.6. The minimum absolute atomic E-state index is 0.250. The van der Waals surface area contributed by atoms with E-state index in [1.54, 1.807) is 6.07 Å². The summed E-state index contributed by atoms with van der Waals surface area (Å²) in [4.78, 5) is 29.7. The summed E-state index contributed by atoms with van der Waals surface area (Å²) < 4.78 is 12.9. The second-order valence-corrected chi connectivity index (χ2v) is 8.76. The van der Waals surface area contributed by atoms with Gasteiger partial charge in [0.1, 0.15) is 11.5 Å². The van der Waals surface area contributed by atoms with Gasteiger partial charge in [0.15, 0.2) is 5.82 Å². The highest BCUT2D eigenvalue weighted by Crippen LogP contribution is 2.33. The normalized spacial score (nSPS) is 11.9. The fourth-order valence-corrected chi connectivity index (χ4v) is 4.52. The molecular formula is C26H21N3O4S. The van der Waals surface area contributed by atoms with Crippen LogP contribution in [0.15, 0.2) is 65.5 Å². The molecule has 2 heterocycles. The van der Waals surface area contributed by atoms with E-state index in [0.29, 0.717) is 33.2 Å². The average molecular weight is 472 g/mol. The summed E-state index contributed by atoms with van der Waals surface area (Å²) in [6.45, 7) is 4.07. The molecule has 5 rings (SSSR count). The predicted octanol–water partition coefficient (Wildman–Crippen LogP) is 4.23. The summed E-state index contributed by atoms with van der Waals surface area (Å²) in [7, 11) is 0. The number of thiazole rings is 1. The average Bonchev–Trinajstić information content (AvgIpc) is 3.37. The summed E-state index contributed by atoms with van der Waals surface area (Å²) in [6, 6.07) is 19.0. The molecule has 0 radical (unpaired) electrons. The number of esters is 1. The molecule has 0 spiro atoms. The van der Waals surface area contributed by atoms with Crippen molar-refractivity contribution in [2.45, 2.75) is 20.3 Å². The Kier molecular flexibility index (Phi) is 5.81. The molecule has 2 aromatic heterocycles. The van der Waals surface area contributed by atoms with Gasteiger partial charge in [0.25, 0.3) is 5.56 Å². The van der Waals surface area contributed by atoms with Crippen LogP contribution in [0.3, 0.4) is 0 Å². The molecule has 0 aliphatic rings. The predicted molar refractivity (Wildman–Crippen MR) is 132 cm³/mol. The Bertz CT molecular complexity index is 1620. The molecule has 0 fully saturated rings. The van der Waals surface area contributed by atoms with E-state index in [4.69, 9.17) is 9.47 Å². The first-order valence-corrected chi connectivity index (χ1v) is 11.7. The van der Waals surface area contributed by atoms with E-state index in [0.717, 1.165) is 28.5 Å². The van der Waals surface area contributed by atoms with Crippen molar-refractivity contribution in [3.8, 4) is 22.9 Å². The maximum Gasteiger partial charge on any atom is 0.308 e. The number of benzene rings is 3. The molecule has 3 aromatic carbocycles. The van der Waals surface area contributed by atoms with Crippen LogP contribution in [0.5, 0.6) is 11.5 Å². The van der Waals surface area contributed by atoms with Crippen molar-refractivity contribution in [1.29, 1.82) is 0 Å². The monoisotopic (exact) mass is 471 g/mol. The molecular weight excluding hydrogens is 450 g/mol. The van der Waals surface area contributed by atoms with Gasteiger partial charge in [-0.15, -0.1) is 5.10 Å². The van der Waals surface area contributed by atoms with Gasteiger partial charge in [-0.1, -0.05) is 54.7 Å². The number of carbonyl (C=O) groups is 1. The Hall–Kier alpha value is -4.04. The quantitative estimate of drug-likeness (QED) is 0.272. The number of fused-ring (bicyclic) bond motifs is 2. The fraction of sp³-hybridized carbons (Fsp3) is 0.154. The molecule has 5 aromatic rings.